The molecule has 0 aliphatic heterocycles. The van der Waals surface area contributed by atoms with Crippen molar-refractivity contribution in [3.63, 3.8) is 0 Å². The van der Waals surface area contributed by atoms with Gasteiger partial charge in [-0.25, -0.2) is 4.98 Å². The van der Waals surface area contributed by atoms with Crippen LogP contribution in [0, 0.1) is 0 Å². The summed E-state index contributed by atoms with van der Waals surface area (Å²) in [6, 6.07) is 36.5. The van der Waals surface area contributed by atoms with Crippen LogP contribution in [-0.4, -0.2) is 4.98 Å². The Morgan fingerprint density at radius 2 is 1.46 bits per heavy atom. The number of benzene rings is 4. The summed E-state index contributed by atoms with van der Waals surface area (Å²) >= 11 is 0. The zero-order valence-corrected chi connectivity index (χ0v) is 23.6. The van der Waals surface area contributed by atoms with Gasteiger partial charge in [-0.2, -0.15) is 0 Å². The number of rotatable bonds is 6. The highest BCUT2D eigenvalue weighted by Gasteiger charge is 2.18. The van der Waals surface area contributed by atoms with E-state index in [4.69, 9.17) is 4.98 Å². The SMILES string of the molecule is C=C(/C(C)=C(/C=C\C)C(=C1\C=CC=CC1)\c1cccc(-c2ccc3ccccc3c2)n1)c1ccc2ccccc2c1. The molecule has 1 heteroatoms. The molecule has 41 heavy (non-hydrogen) atoms. The first-order valence-electron chi connectivity index (χ1n) is 14.2. The first kappa shape index (κ1) is 26.2. The van der Waals surface area contributed by atoms with Crippen LogP contribution in [0.4, 0.5) is 0 Å². The Bertz CT molecular complexity index is 1940. The number of pyridine rings is 1. The summed E-state index contributed by atoms with van der Waals surface area (Å²) in [4.78, 5) is 5.27. The molecule has 1 aliphatic carbocycles. The van der Waals surface area contributed by atoms with Crippen molar-refractivity contribution >= 4 is 32.7 Å². The van der Waals surface area contributed by atoms with Crippen molar-refractivity contribution in [3.8, 4) is 11.3 Å². The van der Waals surface area contributed by atoms with Gasteiger partial charge in [0.2, 0.25) is 0 Å². The van der Waals surface area contributed by atoms with Crippen LogP contribution in [0.15, 0.2) is 163 Å². The number of allylic oxidation sites excluding steroid dienone is 11. The lowest BCUT2D eigenvalue weighted by Gasteiger charge is -2.20. The first-order chi connectivity index (χ1) is 20.1. The summed E-state index contributed by atoms with van der Waals surface area (Å²) in [7, 11) is 0. The van der Waals surface area contributed by atoms with Crippen molar-refractivity contribution in [1.82, 2.24) is 4.98 Å². The Hall–Kier alpha value is -5.01. The van der Waals surface area contributed by atoms with E-state index >= 15 is 0 Å². The standard InChI is InChI=1S/C40H33N/c1-4-13-37(29(3)28(2)33-24-22-30-14-8-10-18-34(30)26-33)40(32-16-6-5-7-17-32)39-21-12-20-38(41-39)36-25-23-31-15-9-11-19-35(31)27-36/h4-16,18-27H,2,17H2,1,3H3/b13-4-,37-29-,40-32+. The van der Waals surface area contributed by atoms with E-state index in [1.165, 1.54) is 27.1 Å². The predicted molar refractivity (Wildman–Crippen MR) is 177 cm³/mol. The minimum Gasteiger partial charge on any atom is -0.248 e. The van der Waals surface area contributed by atoms with Crippen LogP contribution >= 0.6 is 0 Å². The van der Waals surface area contributed by atoms with E-state index in [0.29, 0.717) is 0 Å². The van der Waals surface area contributed by atoms with Crippen molar-refractivity contribution in [3.05, 3.63) is 174 Å². The molecule has 4 aromatic carbocycles. The van der Waals surface area contributed by atoms with Gasteiger partial charge in [0, 0.05) is 11.1 Å². The van der Waals surface area contributed by atoms with Crippen LogP contribution in [0.25, 0.3) is 43.9 Å². The third-order valence-electron chi connectivity index (χ3n) is 7.81. The van der Waals surface area contributed by atoms with Crippen LogP contribution in [0.2, 0.25) is 0 Å². The second-order valence-electron chi connectivity index (χ2n) is 10.4. The molecule has 0 bridgehead atoms. The van der Waals surface area contributed by atoms with Gasteiger partial charge in [-0.05, 0) is 93.9 Å². The minimum atomic E-state index is 0.852. The predicted octanol–water partition coefficient (Wildman–Crippen LogP) is 10.9. The van der Waals surface area contributed by atoms with Crippen molar-refractivity contribution in [2.45, 2.75) is 20.3 Å². The van der Waals surface area contributed by atoms with E-state index < -0.39 is 0 Å². The van der Waals surface area contributed by atoms with Gasteiger partial charge in [0.25, 0.3) is 0 Å². The Morgan fingerprint density at radius 3 is 2.17 bits per heavy atom. The molecule has 0 saturated heterocycles. The summed E-state index contributed by atoms with van der Waals surface area (Å²) in [5.41, 5.74) is 9.86. The van der Waals surface area contributed by atoms with Gasteiger partial charge in [0.1, 0.15) is 0 Å². The highest BCUT2D eigenvalue weighted by molar-refractivity contribution is 5.94. The molecule has 1 nitrogen and oxygen atoms in total. The summed E-state index contributed by atoms with van der Waals surface area (Å²) < 4.78 is 0. The highest BCUT2D eigenvalue weighted by atomic mass is 14.7. The second kappa shape index (κ2) is 11.6. The summed E-state index contributed by atoms with van der Waals surface area (Å²) in [6.45, 7) is 8.84. The van der Waals surface area contributed by atoms with Gasteiger partial charge in [-0.3, -0.25) is 0 Å². The smallest absolute Gasteiger partial charge is 0.0718 e. The third kappa shape index (κ3) is 5.40. The van der Waals surface area contributed by atoms with Crippen molar-refractivity contribution in [2.24, 2.45) is 0 Å². The zero-order chi connectivity index (χ0) is 28.2. The molecule has 0 spiro atoms. The molecule has 1 heterocycles. The Morgan fingerprint density at radius 1 is 0.756 bits per heavy atom. The highest BCUT2D eigenvalue weighted by Crippen LogP contribution is 2.37. The molecule has 1 aliphatic rings. The fourth-order valence-corrected chi connectivity index (χ4v) is 5.58. The van der Waals surface area contributed by atoms with Crippen LogP contribution in [-0.2, 0) is 0 Å². The fraction of sp³-hybridized carbons (Fsp3) is 0.0750. The molecule has 1 aromatic heterocycles. The van der Waals surface area contributed by atoms with Crippen LogP contribution in [0.1, 0.15) is 31.5 Å². The lowest BCUT2D eigenvalue weighted by molar-refractivity contribution is 1.21. The molecule has 0 saturated carbocycles. The molecular formula is C40H33N. The molecule has 5 aromatic rings. The van der Waals surface area contributed by atoms with E-state index in [2.05, 4.69) is 160 Å². The first-order valence-corrected chi connectivity index (χ1v) is 14.2. The maximum atomic E-state index is 5.27. The van der Waals surface area contributed by atoms with Crippen molar-refractivity contribution in [2.75, 3.05) is 0 Å². The molecule has 198 valence electrons. The molecule has 0 N–H and O–H groups in total. The summed E-state index contributed by atoms with van der Waals surface area (Å²) in [5, 5.41) is 4.90. The van der Waals surface area contributed by atoms with Crippen LogP contribution in [0.3, 0.4) is 0 Å². The second-order valence-corrected chi connectivity index (χ2v) is 10.4. The lowest BCUT2D eigenvalue weighted by Crippen LogP contribution is -2.02. The monoisotopic (exact) mass is 527 g/mol. The van der Waals surface area contributed by atoms with E-state index in [9.17, 15) is 0 Å². The maximum absolute atomic E-state index is 5.27. The quantitative estimate of drug-likeness (QED) is 0.200. The van der Waals surface area contributed by atoms with Gasteiger partial charge < -0.3 is 0 Å². The van der Waals surface area contributed by atoms with Gasteiger partial charge in [0.05, 0.1) is 11.4 Å². The van der Waals surface area contributed by atoms with E-state index in [1.54, 1.807) is 0 Å². The van der Waals surface area contributed by atoms with Gasteiger partial charge in [-0.1, -0.05) is 122 Å². The maximum Gasteiger partial charge on any atom is 0.0718 e. The van der Waals surface area contributed by atoms with E-state index in [-0.39, 0.29) is 0 Å². The number of hydrogen-bond donors (Lipinski definition) is 0. The van der Waals surface area contributed by atoms with E-state index in [0.717, 1.165) is 51.2 Å². The van der Waals surface area contributed by atoms with E-state index in [1.807, 2.05) is 0 Å². The molecular weight excluding hydrogens is 494 g/mol. The van der Waals surface area contributed by atoms with Gasteiger partial charge in [0.15, 0.2) is 0 Å². The molecule has 0 radical (unpaired) electrons. The fourth-order valence-electron chi connectivity index (χ4n) is 5.58. The van der Waals surface area contributed by atoms with Gasteiger partial charge in [-0.15, -0.1) is 0 Å². The Kier molecular flexibility index (Phi) is 7.43. The number of hydrogen-bond acceptors (Lipinski definition) is 1. The third-order valence-corrected chi connectivity index (χ3v) is 7.81. The molecule has 0 fully saturated rings. The van der Waals surface area contributed by atoms with Crippen LogP contribution < -0.4 is 0 Å². The molecule has 0 unspecified atom stereocenters. The number of nitrogens with zero attached hydrogens (tertiary/aromatic N) is 1. The van der Waals surface area contributed by atoms with Crippen LogP contribution in [0.5, 0.6) is 0 Å². The van der Waals surface area contributed by atoms with Gasteiger partial charge >= 0.3 is 0 Å². The average Bonchev–Trinajstić information content (AvgIpc) is 3.04. The Labute approximate surface area is 242 Å². The normalized spacial score (nSPS) is 15.0. The average molecular weight is 528 g/mol. The molecule has 0 atom stereocenters. The Balaban J connectivity index is 1.50. The van der Waals surface area contributed by atoms with Crippen molar-refractivity contribution < 1.29 is 0 Å². The lowest BCUT2D eigenvalue weighted by atomic mass is 9.86. The number of fused-ring (bicyclic) bond motifs is 2. The number of aromatic nitrogens is 1. The summed E-state index contributed by atoms with van der Waals surface area (Å²) in [5.74, 6) is 0. The minimum absolute atomic E-state index is 0.852. The van der Waals surface area contributed by atoms with Crippen molar-refractivity contribution in [1.29, 1.82) is 0 Å². The molecule has 6 rings (SSSR count). The zero-order valence-electron chi connectivity index (χ0n) is 23.6. The largest absolute Gasteiger partial charge is 0.248 e. The summed E-state index contributed by atoms with van der Waals surface area (Å²) in [6.07, 6.45) is 13.8. The topological polar surface area (TPSA) is 12.9 Å². The molecule has 0 amide bonds.